The van der Waals surface area contributed by atoms with Crippen LogP contribution in [0.5, 0.6) is 0 Å². The van der Waals surface area contributed by atoms with E-state index in [1.165, 1.54) is 23.5 Å². The monoisotopic (exact) mass is 249 g/mol. The third kappa shape index (κ3) is 2.31. The molecule has 0 amide bonds. The van der Waals surface area contributed by atoms with Crippen LogP contribution in [0.1, 0.15) is 21.0 Å². The van der Waals surface area contributed by atoms with Gasteiger partial charge < -0.3 is 10.2 Å². The van der Waals surface area contributed by atoms with E-state index in [1.54, 1.807) is 12.1 Å². The summed E-state index contributed by atoms with van der Waals surface area (Å²) in [6.07, 6.45) is 0. The topological polar surface area (TPSA) is 87.5 Å². The fraction of sp³-hybridized carbons (Fsp3) is 0. The number of nitrogens with zero attached hydrogens (tertiary/aromatic N) is 1. The number of aromatic carboxylic acids is 2. The van der Waals surface area contributed by atoms with Crippen LogP contribution in [-0.4, -0.2) is 27.1 Å². The van der Waals surface area contributed by atoms with Crippen molar-refractivity contribution in [3.63, 3.8) is 0 Å². The number of rotatable bonds is 3. The van der Waals surface area contributed by atoms with Crippen LogP contribution in [0, 0.1) is 0 Å². The van der Waals surface area contributed by atoms with Crippen molar-refractivity contribution >= 4 is 23.3 Å². The summed E-state index contributed by atoms with van der Waals surface area (Å²) in [7, 11) is 0. The lowest BCUT2D eigenvalue weighted by molar-refractivity contribution is 0.0685. The molecule has 0 atom stereocenters. The van der Waals surface area contributed by atoms with Crippen LogP contribution in [0.2, 0.25) is 0 Å². The average molecular weight is 249 g/mol. The molecule has 0 unspecified atom stereocenters. The molecule has 0 saturated carbocycles. The van der Waals surface area contributed by atoms with Crippen molar-refractivity contribution in [1.82, 2.24) is 4.98 Å². The number of hydrogen-bond donors (Lipinski definition) is 2. The summed E-state index contributed by atoms with van der Waals surface area (Å²) >= 11 is 1.40. The summed E-state index contributed by atoms with van der Waals surface area (Å²) in [5.41, 5.74) is 0.00593. The van der Waals surface area contributed by atoms with Crippen LogP contribution in [0.4, 0.5) is 0 Å². The van der Waals surface area contributed by atoms with Crippen LogP contribution in [0.3, 0.4) is 0 Å². The Balaban J connectivity index is 2.60. The zero-order chi connectivity index (χ0) is 12.4. The third-order valence-electron chi connectivity index (χ3n) is 2.07. The minimum absolute atomic E-state index is 0.270. The number of carboxylic acids is 2. The van der Waals surface area contributed by atoms with Gasteiger partial charge in [0.25, 0.3) is 0 Å². The second-order valence-corrected chi connectivity index (χ2v) is 4.16. The lowest BCUT2D eigenvalue weighted by Crippen LogP contribution is -2.07. The summed E-state index contributed by atoms with van der Waals surface area (Å²) in [5.74, 6) is -2.49. The number of aromatic nitrogens is 1. The molecule has 5 nitrogen and oxygen atoms in total. The highest BCUT2D eigenvalue weighted by Gasteiger charge is 2.14. The van der Waals surface area contributed by atoms with Gasteiger partial charge in [0.05, 0.1) is 0 Å². The first kappa shape index (κ1) is 11.3. The van der Waals surface area contributed by atoms with Crippen molar-refractivity contribution < 1.29 is 19.8 Å². The van der Waals surface area contributed by atoms with E-state index in [0.717, 1.165) is 4.88 Å². The van der Waals surface area contributed by atoms with Crippen LogP contribution >= 0.6 is 11.3 Å². The number of hydrogen-bond acceptors (Lipinski definition) is 4. The van der Waals surface area contributed by atoms with Gasteiger partial charge in [-0.25, -0.2) is 14.6 Å². The zero-order valence-corrected chi connectivity index (χ0v) is 9.27. The fourth-order valence-electron chi connectivity index (χ4n) is 1.33. The molecule has 0 aromatic carbocycles. The number of thiophene rings is 1. The summed E-state index contributed by atoms with van der Waals surface area (Å²) in [4.78, 5) is 26.0. The second-order valence-electron chi connectivity index (χ2n) is 3.21. The van der Waals surface area contributed by atoms with Gasteiger partial charge in [0.15, 0.2) is 0 Å². The maximum absolute atomic E-state index is 10.8. The molecule has 0 fully saturated rings. The van der Waals surface area contributed by atoms with E-state index in [9.17, 15) is 9.59 Å². The summed E-state index contributed by atoms with van der Waals surface area (Å²) < 4.78 is 0. The van der Waals surface area contributed by atoms with E-state index < -0.39 is 11.9 Å². The Morgan fingerprint density at radius 1 is 1.12 bits per heavy atom. The van der Waals surface area contributed by atoms with Gasteiger partial charge in [-0.2, -0.15) is 0 Å². The third-order valence-corrected chi connectivity index (χ3v) is 2.99. The molecule has 0 spiro atoms. The molecular weight excluding hydrogens is 242 g/mol. The molecule has 0 aliphatic rings. The molecule has 0 radical (unpaired) electrons. The van der Waals surface area contributed by atoms with Crippen LogP contribution in [0.25, 0.3) is 10.4 Å². The standard InChI is InChI=1S/C11H7NO4S/c13-10(14)7-4-6(9-2-1-3-17-9)5-8(12-7)11(15)16/h1-5H,(H,13,14)(H,15,16). The molecule has 17 heavy (non-hydrogen) atoms. The minimum atomic E-state index is -1.24. The second kappa shape index (κ2) is 4.34. The van der Waals surface area contributed by atoms with Crippen molar-refractivity contribution in [2.45, 2.75) is 0 Å². The van der Waals surface area contributed by atoms with Crippen LogP contribution < -0.4 is 0 Å². The van der Waals surface area contributed by atoms with Gasteiger partial charge in [-0.1, -0.05) is 6.07 Å². The van der Waals surface area contributed by atoms with Crippen molar-refractivity contribution in [3.05, 3.63) is 41.0 Å². The highest BCUT2D eigenvalue weighted by molar-refractivity contribution is 7.13. The average Bonchev–Trinajstić information content (AvgIpc) is 2.81. The van der Waals surface area contributed by atoms with Gasteiger partial charge >= 0.3 is 11.9 Å². The van der Waals surface area contributed by atoms with Crippen LogP contribution in [0.15, 0.2) is 29.6 Å². The zero-order valence-electron chi connectivity index (χ0n) is 8.45. The summed E-state index contributed by atoms with van der Waals surface area (Å²) in [5, 5.41) is 19.6. The number of carbonyl (C=O) groups is 2. The number of pyridine rings is 1. The van der Waals surface area contributed by atoms with E-state index in [-0.39, 0.29) is 11.4 Å². The van der Waals surface area contributed by atoms with Crippen molar-refractivity contribution in [2.75, 3.05) is 0 Å². The SMILES string of the molecule is O=C(O)c1cc(-c2cccs2)cc(C(=O)O)n1. The molecule has 0 saturated heterocycles. The Hall–Kier alpha value is -2.21. The predicted molar refractivity (Wildman–Crippen MR) is 61.5 cm³/mol. The van der Waals surface area contributed by atoms with E-state index in [2.05, 4.69) is 4.98 Å². The molecule has 2 rings (SSSR count). The molecule has 6 heteroatoms. The van der Waals surface area contributed by atoms with E-state index in [0.29, 0.717) is 5.56 Å². The quantitative estimate of drug-likeness (QED) is 0.870. The van der Waals surface area contributed by atoms with Gasteiger partial charge in [-0.05, 0) is 29.1 Å². The normalized spacial score (nSPS) is 10.1. The first-order chi connectivity index (χ1) is 8.08. The van der Waals surface area contributed by atoms with E-state index >= 15 is 0 Å². The lowest BCUT2D eigenvalue weighted by atomic mass is 10.1. The highest BCUT2D eigenvalue weighted by Crippen LogP contribution is 2.25. The number of carboxylic acid groups (broad SMARTS) is 2. The molecule has 2 aromatic heterocycles. The molecule has 86 valence electrons. The molecule has 0 bridgehead atoms. The van der Waals surface area contributed by atoms with Gasteiger partial charge in [0.2, 0.25) is 0 Å². The van der Waals surface area contributed by atoms with Gasteiger partial charge in [-0.3, -0.25) is 0 Å². The Labute approximate surface area is 100.0 Å². The van der Waals surface area contributed by atoms with Crippen molar-refractivity contribution in [2.24, 2.45) is 0 Å². The molecule has 2 N–H and O–H groups in total. The largest absolute Gasteiger partial charge is 0.477 e. The Bertz CT molecular complexity index is 545. The van der Waals surface area contributed by atoms with Crippen LogP contribution in [-0.2, 0) is 0 Å². The Morgan fingerprint density at radius 2 is 1.71 bits per heavy atom. The smallest absolute Gasteiger partial charge is 0.354 e. The van der Waals surface area contributed by atoms with Crippen molar-refractivity contribution in [1.29, 1.82) is 0 Å². The molecular formula is C11H7NO4S. The maximum atomic E-state index is 10.8. The Kier molecular flexibility index (Phi) is 2.88. The molecule has 0 aliphatic carbocycles. The van der Waals surface area contributed by atoms with Gasteiger partial charge in [0, 0.05) is 4.88 Å². The van der Waals surface area contributed by atoms with E-state index in [4.69, 9.17) is 10.2 Å². The fourth-order valence-corrected chi connectivity index (χ4v) is 2.05. The summed E-state index contributed by atoms with van der Waals surface area (Å²) in [6.45, 7) is 0. The molecule has 2 aromatic rings. The first-order valence-corrected chi connectivity index (χ1v) is 5.48. The van der Waals surface area contributed by atoms with Crippen molar-refractivity contribution in [3.8, 4) is 10.4 Å². The highest BCUT2D eigenvalue weighted by atomic mass is 32.1. The van der Waals surface area contributed by atoms with Gasteiger partial charge in [-0.15, -0.1) is 11.3 Å². The Morgan fingerprint density at radius 3 is 2.12 bits per heavy atom. The first-order valence-electron chi connectivity index (χ1n) is 4.60. The van der Waals surface area contributed by atoms with Gasteiger partial charge in [0.1, 0.15) is 11.4 Å². The molecule has 2 heterocycles. The molecule has 0 aliphatic heterocycles. The lowest BCUT2D eigenvalue weighted by Gasteiger charge is -2.02. The maximum Gasteiger partial charge on any atom is 0.354 e. The van der Waals surface area contributed by atoms with E-state index in [1.807, 2.05) is 5.38 Å². The summed E-state index contributed by atoms with van der Waals surface area (Å²) in [6, 6.07) is 6.32. The minimum Gasteiger partial charge on any atom is -0.477 e. The predicted octanol–water partition coefficient (Wildman–Crippen LogP) is 2.21.